The van der Waals surface area contributed by atoms with E-state index in [1.165, 1.54) is 11.3 Å². The van der Waals surface area contributed by atoms with Crippen molar-refractivity contribution in [1.29, 1.82) is 0 Å². The first-order valence-corrected chi connectivity index (χ1v) is 6.01. The van der Waals surface area contributed by atoms with Crippen LogP contribution in [-0.4, -0.2) is 16.5 Å². The molecule has 1 atom stereocenters. The summed E-state index contributed by atoms with van der Waals surface area (Å²) in [7, 11) is 0. The van der Waals surface area contributed by atoms with Gasteiger partial charge in [-0.3, -0.25) is 9.97 Å². The Hall–Kier alpha value is -1.90. The molecule has 17 heavy (non-hydrogen) atoms. The van der Waals surface area contributed by atoms with Gasteiger partial charge in [-0.15, -0.1) is 0 Å². The van der Waals surface area contributed by atoms with Crippen molar-refractivity contribution in [3.8, 4) is 0 Å². The average molecular weight is 225 g/mol. The van der Waals surface area contributed by atoms with Crippen LogP contribution in [0.2, 0.25) is 0 Å². The van der Waals surface area contributed by atoms with Crippen LogP contribution >= 0.6 is 0 Å². The van der Waals surface area contributed by atoms with Gasteiger partial charge < -0.3 is 5.32 Å². The van der Waals surface area contributed by atoms with E-state index in [0.717, 1.165) is 25.1 Å². The molecule has 1 aromatic heterocycles. The van der Waals surface area contributed by atoms with Crippen molar-refractivity contribution >= 4 is 5.69 Å². The first-order chi connectivity index (χ1) is 8.43. The van der Waals surface area contributed by atoms with Crippen molar-refractivity contribution in [2.24, 2.45) is 0 Å². The Balaban J connectivity index is 1.86. The van der Waals surface area contributed by atoms with E-state index in [1.54, 1.807) is 12.4 Å². The van der Waals surface area contributed by atoms with Gasteiger partial charge in [0.25, 0.3) is 0 Å². The van der Waals surface area contributed by atoms with Gasteiger partial charge in [-0.25, -0.2) is 0 Å². The summed E-state index contributed by atoms with van der Waals surface area (Å²) >= 11 is 0. The maximum absolute atomic E-state index is 4.36. The molecule has 0 bridgehead atoms. The smallest absolute Gasteiger partial charge is 0.0592 e. The first kappa shape index (κ1) is 10.3. The van der Waals surface area contributed by atoms with Crippen LogP contribution in [0.1, 0.15) is 23.6 Å². The lowest BCUT2D eigenvalue weighted by molar-refractivity contribution is 0.614. The van der Waals surface area contributed by atoms with Gasteiger partial charge in [-0.05, 0) is 30.4 Å². The molecule has 86 valence electrons. The lowest BCUT2D eigenvalue weighted by Crippen LogP contribution is -2.18. The van der Waals surface area contributed by atoms with Crippen LogP contribution in [0.4, 0.5) is 5.69 Å². The molecule has 1 aliphatic rings. The number of fused-ring (bicyclic) bond motifs is 1. The highest BCUT2D eigenvalue weighted by Gasteiger charge is 2.19. The van der Waals surface area contributed by atoms with Crippen molar-refractivity contribution in [1.82, 2.24) is 9.97 Å². The van der Waals surface area contributed by atoms with Crippen LogP contribution in [0, 0.1) is 0 Å². The number of rotatable bonds is 2. The van der Waals surface area contributed by atoms with Crippen LogP contribution in [0.5, 0.6) is 0 Å². The number of anilines is 1. The van der Waals surface area contributed by atoms with Crippen LogP contribution in [-0.2, 0) is 6.42 Å². The highest BCUT2D eigenvalue weighted by atomic mass is 14.9. The summed E-state index contributed by atoms with van der Waals surface area (Å²) in [6, 6.07) is 8.55. The lowest BCUT2D eigenvalue weighted by atomic mass is 9.87. The topological polar surface area (TPSA) is 37.8 Å². The van der Waals surface area contributed by atoms with Crippen LogP contribution in [0.15, 0.2) is 42.9 Å². The summed E-state index contributed by atoms with van der Waals surface area (Å²) in [5.41, 5.74) is 3.76. The Labute approximate surface area is 101 Å². The molecule has 1 unspecified atom stereocenters. The molecule has 0 fully saturated rings. The molecule has 0 amide bonds. The third-order valence-electron chi connectivity index (χ3n) is 3.28. The number of hydrogen-bond donors (Lipinski definition) is 1. The fourth-order valence-corrected chi connectivity index (χ4v) is 2.45. The number of nitrogens with zero attached hydrogens (tertiary/aromatic N) is 2. The van der Waals surface area contributed by atoms with E-state index >= 15 is 0 Å². The molecule has 0 saturated heterocycles. The predicted octanol–water partition coefficient (Wildman–Crippen LogP) is 2.62. The van der Waals surface area contributed by atoms with E-state index in [1.807, 2.05) is 6.20 Å². The lowest BCUT2D eigenvalue weighted by Gasteiger charge is -2.26. The third-order valence-corrected chi connectivity index (χ3v) is 3.28. The Bertz CT molecular complexity index is 496. The molecule has 1 N–H and O–H groups in total. The fraction of sp³-hybridized carbons (Fsp3) is 0.286. The molecule has 0 aliphatic carbocycles. The minimum Gasteiger partial charge on any atom is -0.385 e. The second kappa shape index (κ2) is 4.53. The zero-order valence-corrected chi connectivity index (χ0v) is 9.63. The Morgan fingerprint density at radius 1 is 1.24 bits per heavy atom. The van der Waals surface area contributed by atoms with E-state index in [0.29, 0.717) is 5.92 Å². The van der Waals surface area contributed by atoms with E-state index < -0.39 is 0 Å². The van der Waals surface area contributed by atoms with Crippen LogP contribution in [0.3, 0.4) is 0 Å². The maximum Gasteiger partial charge on any atom is 0.0592 e. The van der Waals surface area contributed by atoms with Crippen LogP contribution in [0.25, 0.3) is 0 Å². The first-order valence-electron chi connectivity index (χ1n) is 6.01. The minimum absolute atomic E-state index is 0.559. The number of aromatic nitrogens is 2. The van der Waals surface area contributed by atoms with Gasteiger partial charge in [0.15, 0.2) is 0 Å². The Kier molecular flexibility index (Phi) is 2.74. The molecule has 3 nitrogen and oxygen atoms in total. The SMILES string of the molecule is c1ccc2c(c1)NCCC2Cc1cnccn1. The quantitative estimate of drug-likeness (QED) is 0.853. The van der Waals surface area contributed by atoms with Crippen molar-refractivity contribution in [3.05, 3.63) is 54.1 Å². The minimum atomic E-state index is 0.559. The second-order valence-electron chi connectivity index (χ2n) is 4.40. The summed E-state index contributed by atoms with van der Waals surface area (Å²) in [5.74, 6) is 0.559. The highest BCUT2D eigenvalue weighted by Crippen LogP contribution is 2.33. The molecule has 2 heterocycles. The molecular formula is C14H15N3. The Morgan fingerprint density at radius 2 is 2.18 bits per heavy atom. The number of para-hydroxylation sites is 1. The van der Waals surface area contributed by atoms with Crippen molar-refractivity contribution < 1.29 is 0 Å². The number of nitrogens with one attached hydrogen (secondary N) is 1. The molecule has 3 heteroatoms. The number of hydrogen-bond acceptors (Lipinski definition) is 3. The molecule has 0 radical (unpaired) electrons. The predicted molar refractivity (Wildman–Crippen MR) is 68.0 cm³/mol. The maximum atomic E-state index is 4.36. The van der Waals surface area contributed by atoms with E-state index in [2.05, 4.69) is 39.6 Å². The van der Waals surface area contributed by atoms with Gasteiger partial charge in [0.05, 0.1) is 5.69 Å². The van der Waals surface area contributed by atoms with Gasteiger partial charge in [-0.1, -0.05) is 18.2 Å². The zero-order chi connectivity index (χ0) is 11.5. The van der Waals surface area contributed by atoms with Crippen molar-refractivity contribution in [2.45, 2.75) is 18.8 Å². The molecule has 0 spiro atoms. The largest absolute Gasteiger partial charge is 0.385 e. The molecule has 1 aromatic carbocycles. The normalized spacial score (nSPS) is 18.2. The van der Waals surface area contributed by atoms with Crippen molar-refractivity contribution in [2.75, 3.05) is 11.9 Å². The molecule has 0 saturated carbocycles. The van der Waals surface area contributed by atoms with E-state index in [9.17, 15) is 0 Å². The molecule has 3 rings (SSSR count). The summed E-state index contributed by atoms with van der Waals surface area (Å²) < 4.78 is 0. The van der Waals surface area contributed by atoms with Gasteiger partial charge in [-0.2, -0.15) is 0 Å². The monoisotopic (exact) mass is 225 g/mol. The van der Waals surface area contributed by atoms with Crippen molar-refractivity contribution in [3.63, 3.8) is 0 Å². The van der Waals surface area contributed by atoms with E-state index in [-0.39, 0.29) is 0 Å². The van der Waals surface area contributed by atoms with Gasteiger partial charge in [0, 0.05) is 30.8 Å². The van der Waals surface area contributed by atoms with Gasteiger partial charge in [0.2, 0.25) is 0 Å². The second-order valence-corrected chi connectivity index (χ2v) is 4.40. The summed E-state index contributed by atoms with van der Waals surface area (Å²) in [6.45, 7) is 1.04. The van der Waals surface area contributed by atoms with Gasteiger partial charge >= 0.3 is 0 Å². The average Bonchev–Trinajstić information content (AvgIpc) is 2.40. The summed E-state index contributed by atoms with van der Waals surface area (Å²) in [6.07, 6.45) is 7.49. The fourth-order valence-electron chi connectivity index (χ4n) is 2.45. The highest BCUT2D eigenvalue weighted by molar-refractivity contribution is 5.54. The molecule has 1 aliphatic heterocycles. The van der Waals surface area contributed by atoms with Crippen LogP contribution < -0.4 is 5.32 Å². The zero-order valence-electron chi connectivity index (χ0n) is 9.63. The molecular weight excluding hydrogens is 210 g/mol. The summed E-state index contributed by atoms with van der Waals surface area (Å²) in [5, 5.41) is 3.44. The third kappa shape index (κ3) is 2.13. The van der Waals surface area contributed by atoms with E-state index in [4.69, 9.17) is 0 Å². The molecule has 2 aromatic rings. The standard InChI is InChI=1S/C14H15N3/c1-2-4-14-13(3-1)11(5-6-17-14)9-12-10-15-7-8-16-12/h1-4,7-8,10-11,17H,5-6,9H2. The Morgan fingerprint density at radius 3 is 3.06 bits per heavy atom. The summed E-state index contributed by atoms with van der Waals surface area (Å²) in [4.78, 5) is 8.49. The number of benzene rings is 1. The van der Waals surface area contributed by atoms with Gasteiger partial charge in [0.1, 0.15) is 0 Å².